The minimum absolute atomic E-state index is 0.0446. The summed E-state index contributed by atoms with van der Waals surface area (Å²) in [6, 6.07) is 0.485. The zero-order valence-corrected chi connectivity index (χ0v) is 11.4. The molecule has 1 aliphatic carbocycles. The maximum absolute atomic E-state index is 11.6. The van der Waals surface area contributed by atoms with E-state index in [0.29, 0.717) is 6.54 Å². The summed E-state index contributed by atoms with van der Waals surface area (Å²) < 4.78 is 0. The van der Waals surface area contributed by atoms with Gasteiger partial charge in [0.25, 0.3) is 0 Å². The predicted molar refractivity (Wildman–Crippen MR) is 68.7 cm³/mol. The van der Waals surface area contributed by atoms with E-state index in [1.165, 1.54) is 0 Å². The molecule has 3 N–H and O–H groups in total. The van der Waals surface area contributed by atoms with Gasteiger partial charge in [0.2, 0.25) is 5.91 Å². The van der Waals surface area contributed by atoms with Crippen molar-refractivity contribution >= 4 is 5.91 Å². The molecule has 0 spiro atoms. The molecule has 0 aromatic carbocycles. The van der Waals surface area contributed by atoms with Crippen molar-refractivity contribution in [2.24, 2.45) is 5.41 Å². The van der Waals surface area contributed by atoms with Crippen molar-refractivity contribution < 1.29 is 9.90 Å². The average molecular weight is 242 g/mol. The third kappa shape index (κ3) is 3.68. The van der Waals surface area contributed by atoms with Crippen LogP contribution in [0.4, 0.5) is 0 Å². The topological polar surface area (TPSA) is 61.4 Å². The molecule has 3 unspecified atom stereocenters. The first-order valence-electron chi connectivity index (χ1n) is 6.58. The highest BCUT2D eigenvalue weighted by atomic mass is 16.3. The van der Waals surface area contributed by atoms with Gasteiger partial charge >= 0.3 is 0 Å². The zero-order chi connectivity index (χ0) is 13.1. The molecule has 3 atom stereocenters. The molecular weight excluding hydrogens is 216 g/mol. The van der Waals surface area contributed by atoms with Crippen molar-refractivity contribution in [2.45, 2.75) is 65.1 Å². The van der Waals surface area contributed by atoms with Crippen molar-refractivity contribution in [3.05, 3.63) is 0 Å². The van der Waals surface area contributed by atoms with E-state index >= 15 is 0 Å². The smallest absolute Gasteiger partial charge is 0.234 e. The maximum Gasteiger partial charge on any atom is 0.234 e. The number of rotatable bonds is 6. The fourth-order valence-electron chi connectivity index (χ4n) is 2.30. The Labute approximate surface area is 104 Å². The van der Waals surface area contributed by atoms with Gasteiger partial charge in [-0.25, -0.2) is 0 Å². The van der Waals surface area contributed by atoms with Crippen molar-refractivity contribution in [1.29, 1.82) is 0 Å². The first-order chi connectivity index (χ1) is 7.87. The van der Waals surface area contributed by atoms with Crippen molar-refractivity contribution in [3.63, 3.8) is 0 Å². The molecule has 0 heterocycles. The molecule has 4 heteroatoms. The first kappa shape index (κ1) is 14.5. The van der Waals surface area contributed by atoms with Gasteiger partial charge in [0, 0.05) is 17.5 Å². The van der Waals surface area contributed by atoms with Crippen molar-refractivity contribution in [3.8, 4) is 0 Å². The van der Waals surface area contributed by atoms with E-state index in [1.807, 2.05) is 20.8 Å². The number of hydrogen-bond donors (Lipinski definition) is 3. The van der Waals surface area contributed by atoms with Gasteiger partial charge in [-0.3, -0.25) is 4.79 Å². The third-order valence-electron chi connectivity index (χ3n) is 3.85. The molecule has 4 nitrogen and oxygen atoms in total. The Morgan fingerprint density at radius 2 is 2.18 bits per heavy atom. The monoisotopic (exact) mass is 242 g/mol. The van der Waals surface area contributed by atoms with Gasteiger partial charge in [-0.2, -0.15) is 0 Å². The fraction of sp³-hybridized carbons (Fsp3) is 0.923. The largest absolute Gasteiger partial charge is 0.392 e. The van der Waals surface area contributed by atoms with Crippen LogP contribution in [0.5, 0.6) is 0 Å². The van der Waals surface area contributed by atoms with Crippen LogP contribution in [0.1, 0.15) is 47.0 Å². The number of amides is 1. The van der Waals surface area contributed by atoms with Crippen LogP contribution >= 0.6 is 0 Å². The molecule has 1 amide bonds. The maximum atomic E-state index is 11.6. The second-order valence-electron chi connectivity index (χ2n) is 5.76. The van der Waals surface area contributed by atoms with Crippen LogP contribution in [0, 0.1) is 5.41 Å². The average Bonchev–Trinajstić information content (AvgIpc) is 2.24. The number of aliphatic hydroxyl groups excluding tert-OH is 1. The van der Waals surface area contributed by atoms with Crippen LogP contribution in [-0.2, 0) is 4.79 Å². The van der Waals surface area contributed by atoms with Crippen LogP contribution in [0.2, 0.25) is 0 Å². The fourth-order valence-corrected chi connectivity index (χ4v) is 2.30. The second-order valence-corrected chi connectivity index (χ2v) is 5.76. The second kappa shape index (κ2) is 5.83. The van der Waals surface area contributed by atoms with E-state index in [-0.39, 0.29) is 29.5 Å². The SMILES string of the molecule is CCCC(C)NC(=O)CNC1CC(O)C1(C)C. The van der Waals surface area contributed by atoms with Gasteiger partial charge < -0.3 is 15.7 Å². The lowest BCUT2D eigenvalue weighted by Gasteiger charge is -2.49. The van der Waals surface area contributed by atoms with Gasteiger partial charge in [0.15, 0.2) is 0 Å². The number of aliphatic hydroxyl groups is 1. The quantitative estimate of drug-likeness (QED) is 0.652. The van der Waals surface area contributed by atoms with Crippen LogP contribution in [0.25, 0.3) is 0 Å². The summed E-state index contributed by atoms with van der Waals surface area (Å²) in [4.78, 5) is 11.6. The summed E-state index contributed by atoms with van der Waals surface area (Å²) in [6.45, 7) is 8.53. The molecule has 17 heavy (non-hydrogen) atoms. The summed E-state index contributed by atoms with van der Waals surface area (Å²) in [5.41, 5.74) is -0.116. The number of carbonyl (C=O) groups excluding carboxylic acids is 1. The molecule has 100 valence electrons. The van der Waals surface area contributed by atoms with E-state index in [9.17, 15) is 9.90 Å². The third-order valence-corrected chi connectivity index (χ3v) is 3.85. The number of carbonyl (C=O) groups is 1. The molecule has 0 saturated heterocycles. The lowest BCUT2D eigenvalue weighted by molar-refractivity contribution is -0.122. The van der Waals surface area contributed by atoms with E-state index in [4.69, 9.17) is 0 Å². The van der Waals surface area contributed by atoms with E-state index in [2.05, 4.69) is 17.6 Å². The molecule has 0 radical (unpaired) electrons. The Balaban J connectivity index is 2.21. The van der Waals surface area contributed by atoms with E-state index < -0.39 is 0 Å². The van der Waals surface area contributed by atoms with E-state index in [1.54, 1.807) is 0 Å². The molecular formula is C13H26N2O2. The zero-order valence-electron chi connectivity index (χ0n) is 11.4. The van der Waals surface area contributed by atoms with Gasteiger partial charge in [0.1, 0.15) is 0 Å². The summed E-state index contributed by atoms with van der Waals surface area (Å²) in [7, 11) is 0. The van der Waals surface area contributed by atoms with Gasteiger partial charge in [0.05, 0.1) is 12.6 Å². The Hall–Kier alpha value is -0.610. The summed E-state index contributed by atoms with van der Waals surface area (Å²) in [6.07, 6.45) is 2.59. The van der Waals surface area contributed by atoms with Crippen LogP contribution in [-0.4, -0.2) is 35.7 Å². The highest BCUT2D eigenvalue weighted by Crippen LogP contribution is 2.40. The summed E-state index contributed by atoms with van der Waals surface area (Å²) in [5.74, 6) is 0.0446. The van der Waals surface area contributed by atoms with Crippen LogP contribution < -0.4 is 10.6 Å². The first-order valence-corrected chi connectivity index (χ1v) is 6.58. The summed E-state index contributed by atoms with van der Waals surface area (Å²) in [5, 5.41) is 15.8. The lowest BCUT2D eigenvalue weighted by Crippen LogP contribution is -2.61. The van der Waals surface area contributed by atoms with Gasteiger partial charge in [-0.05, 0) is 19.8 Å². The Kier molecular flexibility index (Phi) is 4.95. The molecule has 0 aromatic heterocycles. The summed E-state index contributed by atoms with van der Waals surface area (Å²) >= 11 is 0. The highest BCUT2D eigenvalue weighted by Gasteiger charge is 2.46. The van der Waals surface area contributed by atoms with Gasteiger partial charge in [-0.1, -0.05) is 27.2 Å². The standard InChI is InChI=1S/C13H26N2O2/c1-5-6-9(2)15-12(17)8-14-10-7-11(16)13(10,3)4/h9-11,14,16H,5-8H2,1-4H3,(H,15,17). The molecule has 1 saturated carbocycles. The Morgan fingerprint density at radius 3 is 2.65 bits per heavy atom. The van der Waals surface area contributed by atoms with Crippen LogP contribution in [0.15, 0.2) is 0 Å². The molecule has 1 rings (SSSR count). The van der Waals surface area contributed by atoms with Crippen LogP contribution in [0.3, 0.4) is 0 Å². The van der Waals surface area contributed by atoms with E-state index in [0.717, 1.165) is 19.3 Å². The molecule has 0 aliphatic heterocycles. The Bertz CT molecular complexity index is 266. The molecule has 0 aromatic rings. The van der Waals surface area contributed by atoms with Crippen molar-refractivity contribution in [2.75, 3.05) is 6.54 Å². The minimum atomic E-state index is -0.248. The number of nitrogens with one attached hydrogen (secondary N) is 2. The minimum Gasteiger partial charge on any atom is -0.392 e. The molecule has 1 aliphatic rings. The highest BCUT2D eigenvalue weighted by molar-refractivity contribution is 5.78. The molecule has 1 fully saturated rings. The Morgan fingerprint density at radius 1 is 1.53 bits per heavy atom. The predicted octanol–water partition coefficient (Wildman–Crippen LogP) is 1.04. The van der Waals surface area contributed by atoms with Gasteiger partial charge in [-0.15, -0.1) is 0 Å². The normalized spacial score (nSPS) is 28.3. The molecule has 0 bridgehead atoms. The number of hydrogen-bond acceptors (Lipinski definition) is 3. The van der Waals surface area contributed by atoms with Crippen molar-refractivity contribution in [1.82, 2.24) is 10.6 Å². The lowest BCUT2D eigenvalue weighted by atomic mass is 9.64.